The highest BCUT2D eigenvalue weighted by molar-refractivity contribution is 6.30. The van der Waals surface area contributed by atoms with E-state index in [1.54, 1.807) is 25.3 Å². The Labute approximate surface area is 136 Å². The molecule has 0 radical (unpaired) electrons. The van der Waals surface area contributed by atoms with Crippen LogP contribution < -0.4 is 20.7 Å². The molecule has 1 aliphatic rings. The highest BCUT2D eigenvalue weighted by atomic mass is 35.5. The van der Waals surface area contributed by atoms with E-state index in [2.05, 4.69) is 22.0 Å². The van der Waals surface area contributed by atoms with E-state index in [-0.39, 0.29) is 5.91 Å². The fourth-order valence-corrected chi connectivity index (χ4v) is 2.43. The van der Waals surface area contributed by atoms with Gasteiger partial charge in [-0.15, -0.1) is 0 Å². The summed E-state index contributed by atoms with van der Waals surface area (Å²) < 4.78 is 5.25. The minimum Gasteiger partial charge on any atom is -0.495 e. The van der Waals surface area contributed by atoms with E-state index < -0.39 is 0 Å². The summed E-state index contributed by atoms with van der Waals surface area (Å²) in [5.74, 6) is 0.748. The number of amides is 1. The lowest BCUT2D eigenvalue weighted by Gasteiger charge is -2.15. The van der Waals surface area contributed by atoms with E-state index in [1.165, 1.54) is 5.57 Å². The van der Waals surface area contributed by atoms with Crippen LogP contribution in [0.15, 0.2) is 29.8 Å². The molecular formula is C16H22ClN3O2. The van der Waals surface area contributed by atoms with Crippen LogP contribution in [-0.4, -0.2) is 39.2 Å². The van der Waals surface area contributed by atoms with Crippen molar-refractivity contribution in [3.05, 3.63) is 34.9 Å². The summed E-state index contributed by atoms with van der Waals surface area (Å²) in [4.78, 5) is 11.8. The third-order valence-corrected chi connectivity index (χ3v) is 3.73. The molecule has 6 heteroatoms. The zero-order valence-electron chi connectivity index (χ0n) is 12.7. The highest BCUT2D eigenvalue weighted by Crippen LogP contribution is 2.27. The molecule has 0 unspecified atom stereocenters. The highest BCUT2D eigenvalue weighted by Gasteiger charge is 2.07. The minimum absolute atomic E-state index is 0.0351. The molecule has 2 rings (SSSR count). The van der Waals surface area contributed by atoms with Gasteiger partial charge < -0.3 is 20.7 Å². The molecule has 5 nitrogen and oxygen atoms in total. The zero-order chi connectivity index (χ0) is 15.8. The van der Waals surface area contributed by atoms with Crippen molar-refractivity contribution in [2.24, 2.45) is 0 Å². The smallest absolute Gasteiger partial charge is 0.222 e. The van der Waals surface area contributed by atoms with Crippen molar-refractivity contribution in [3.8, 4) is 5.75 Å². The van der Waals surface area contributed by atoms with E-state index in [0.717, 1.165) is 25.2 Å². The molecule has 0 aliphatic carbocycles. The Morgan fingerprint density at radius 1 is 1.45 bits per heavy atom. The lowest BCUT2D eigenvalue weighted by molar-refractivity contribution is -0.120. The maximum absolute atomic E-state index is 11.8. The van der Waals surface area contributed by atoms with Gasteiger partial charge in [0.2, 0.25) is 5.91 Å². The number of methoxy groups -OCH3 is 1. The van der Waals surface area contributed by atoms with Gasteiger partial charge in [-0.25, -0.2) is 0 Å². The van der Waals surface area contributed by atoms with E-state index in [9.17, 15) is 4.79 Å². The van der Waals surface area contributed by atoms with Crippen molar-refractivity contribution in [1.82, 2.24) is 10.6 Å². The summed E-state index contributed by atoms with van der Waals surface area (Å²) in [7, 11) is 1.61. The molecule has 0 atom stereocenters. The van der Waals surface area contributed by atoms with Crippen LogP contribution in [0, 0.1) is 0 Å². The number of halogens is 1. The van der Waals surface area contributed by atoms with Gasteiger partial charge in [0.15, 0.2) is 0 Å². The Morgan fingerprint density at radius 3 is 3.05 bits per heavy atom. The topological polar surface area (TPSA) is 62.4 Å². The molecule has 0 bridgehead atoms. The first kappa shape index (κ1) is 16.6. The molecule has 0 saturated carbocycles. The summed E-state index contributed by atoms with van der Waals surface area (Å²) in [5, 5.41) is 10.0. The van der Waals surface area contributed by atoms with Crippen LogP contribution in [-0.2, 0) is 4.79 Å². The molecular weight excluding hydrogens is 302 g/mol. The first-order chi connectivity index (χ1) is 10.7. The number of nitrogens with one attached hydrogen (secondary N) is 3. The lowest BCUT2D eigenvalue weighted by Crippen LogP contribution is -2.30. The van der Waals surface area contributed by atoms with E-state index in [1.807, 2.05) is 0 Å². The second-order valence-electron chi connectivity index (χ2n) is 5.11. The third kappa shape index (κ3) is 5.24. The van der Waals surface area contributed by atoms with Crippen LogP contribution in [0.2, 0.25) is 5.02 Å². The van der Waals surface area contributed by atoms with Crippen LogP contribution in [0.3, 0.4) is 0 Å². The molecule has 120 valence electrons. The molecule has 0 aromatic heterocycles. The molecule has 1 amide bonds. The quantitative estimate of drug-likeness (QED) is 0.673. The first-order valence-electron chi connectivity index (χ1n) is 7.42. The molecule has 0 fully saturated rings. The zero-order valence-corrected chi connectivity index (χ0v) is 13.5. The van der Waals surface area contributed by atoms with Crippen LogP contribution >= 0.6 is 11.6 Å². The predicted octanol–water partition coefficient (Wildman–Crippen LogP) is 2.19. The normalized spacial score (nSPS) is 14.2. The number of rotatable bonds is 7. The molecule has 0 saturated heterocycles. The van der Waals surface area contributed by atoms with Gasteiger partial charge in [0.05, 0.1) is 12.8 Å². The summed E-state index contributed by atoms with van der Waals surface area (Å²) in [6.07, 6.45) is 3.54. The van der Waals surface area contributed by atoms with Crippen molar-refractivity contribution in [3.63, 3.8) is 0 Å². The van der Waals surface area contributed by atoms with Crippen molar-refractivity contribution < 1.29 is 9.53 Å². The molecule has 1 aliphatic heterocycles. The van der Waals surface area contributed by atoms with Crippen LogP contribution in [0.1, 0.15) is 12.8 Å². The minimum atomic E-state index is 0.0351. The number of ether oxygens (including phenoxy) is 1. The Kier molecular flexibility index (Phi) is 6.55. The Bertz CT molecular complexity index is 546. The average molecular weight is 324 g/mol. The van der Waals surface area contributed by atoms with Crippen molar-refractivity contribution in [1.29, 1.82) is 0 Å². The van der Waals surface area contributed by atoms with Gasteiger partial charge >= 0.3 is 0 Å². The van der Waals surface area contributed by atoms with Crippen molar-refractivity contribution in [2.75, 3.05) is 38.6 Å². The molecule has 1 heterocycles. The number of benzene rings is 1. The molecule has 22 heavy (non-hydrogen) atoms. The number of hydrogen-bond donors (Lipinski definition) is 3. The average Bonchev–Trinajstić information content (AvgIpc) is 2.54. The fraction of sp³-hybridized carbons (Fsp3) is 0.438. The summed E-state index contributed by atoms with van der Waals surface area (Å²) >= 11 is 5.96. The lowest BCUT2D eigenvalue weighted by atomic mass is 10.1. The summed E-state index contributed by atoms with van der Waals surface area (Å²) in [6.45, 7) is 3.04. The van der Waals surface area contributed by atoms with Crippen molar-refractivity contribution in [2.45, 2.75) is 12.8 Å². The molecule has 1 aromatic carbocycles. The van der Waals surface area contributed by atoms with Gasteiger partial charge in [0.25, 0.3) is 0 Å². The number of hydrogen-bond acceptors (Lipinski definition) is 4. The maximum Gasteiger partial charge on any atom is 0.222 e. The number of anilines is 1. The van der Waals surface area contributed by atoms with Crippen LogP contribution in [0.25, 0.3) is 0 Å². The van der Waals surface area contributed by atoms with Crippen LogP contribution in [0.5, 0.6) is 5.75 Å². The fourth-order valence-electron chi connectivity index (χ4n) is 2.26. The van der Waals surface area contributed by atoms with Gasteiger partial charge in [0, 0.05) is 31.1 Å². The predicted molar refractivity (Wildman–Crippen MR) is 89.7 cm³/mol. The first-order valence-corrected chi connectivity index (χ1v) is 7.79. The number of carbonyl (C=O) groups excluding carboxylic acids is 1. The monoisotopic (exact) mass is 323 g/mol. The van der Waals surface area contributed by atoms with Gasteiger partial charge in [0.1, 0.15) is 5.75 Å². The van der Waals surface area contributed by atoms with Gasteiger partial charge in [-0.2, -0.15) is 0 Å². The number of carbonyl (C=O) groups is 1. The summed E-state index contributed by atoms with van der Waals surface area (Å²) in [5.41, 5.74) is 2.08. The molecule has 0 spiro atoms. The van der Waals surface area contributed by atoms with E-state index in [0.29, 0.717) is 30.3 Å². The largest absolute Gasteiger partial charge is 0.495 e. The second kappa shape index (κ2) is 8.66. The Hall–Kier alpha value is -1.72. The van der Waals surface area contributed by atoms with Gasteiger partial charge in [-0.05, 0) is 31.2 Å². The van der Waals surface area contributed by atoms with Crippen LogP contribution in [0.4, 0.5) is 5.69 Å². The second-order valence-corrected chi connectivity index (χ2v) is 5.55. The Balaban J connectivity index is 1.72. The van der Waals surface area contributed by atoms with E-state index >= 15 is 0 Å². The van der Waals surface area contributed by atoms with Crippen molar-refractivity contribution >= 4 is 23.2 Å². The van der Waals surface area contributed by atoms with Gasteiger partial charge in [-0.3, -0.25) is 4.79 Å². The van der Waals surface area contributed by atoms with Gasteiger partial charge in [-0.1, -0.05) is 23.3 Å². The third-order valence-electron chi connectivity index (χ3n) is 3.50. The summed E-state index contributed by atoms with van der Waals surface area (Å²) in [6, 6.07) is 5.36. The SMILES string of the molecule is COc1ccc(Cl)cc1NCCC(=O)NCC1=CCNCC1. The van der Waals surface area contributed by atoms with E-state index in [4.69, 9.17) is 16.3 Å². The Morgan fingerprint density at radius 2 is 2.32 bits per heavy atom. The molecule has 1 aromatic rings. The maximum atomic E-state index is 11.8. The standard InChI is InChI=1S/C16H22ClN3O2/c1-22-15-3-2-13(17)10-14(15)19-9-6-16(21)20-11-12-4-7-18-8-5-12/h2-4,10,18-19H,5-9,11H2,1H3,(H,20,21). The molecule has 3 N–H and O–H groups in total.